The molecule has 1 fully saturated rings. The quantitative estimate of drug-likeness (QED) is 0.595. The van der Waals surface area contributed by atoms with E-state index < -0.39 is 0 Å². The summed E-state index contributed by atoms with van der Waals surface area (Å²) in [5.41, 5.74) is 0.951. The molecule has 1 aromatic heterocycles. The van der Waals surface area contributed by atoms with Crippen molar-refractivity contribution >= 4 is 11.9 Å². The van der Waals surface area contributed by atoms with Crippen LogP contribution in [0.3, 0.4) is 0 Å². The van der Waals surface area contributed by atoms with Gasteiger partial charge in [0.05, 0.1) is 12.2 Å². The van der Waals surface area contributed by atoms with Gasteiger partial charge in [-0.1, -0.05) is 0 Å². The average Bonchev–Trinajstić information content (AvgIpc) is 3.18. The highest BCUT2D eigenvalue weighted by Gasteiger charge is 2.22. The van der Waals surface area contributed by atoms with E-state index in [1.807, 2.05) is 25.1 Å². The van der Waals surface area contributed by atoms with Crippen LogP contribution in [-0.4, -0.2) is 43.1 Å². The Morgan fingerprint density at radius 3 is 2.89 bits per heavy atom. The van der Waals surface area contributed by atoms with Crippen LogP contribution < -0.4 is 15.5 Å². The van der Waals surface area contributed by atoms with Gasteiger partial charge in [-0.3, -0.25) is 4.99 Å². The molecule has 0 amide bonds. The molecule has 98 valence electrons. The third-order valence-corrected chi connectivity index (χ3v) is 2.68. The molecule has 2 N–H and O–H groups in total. The van der Waals surface area contributed by atoms with Crippen molar-refractivity contribution in [1.82, 2.24) is 20.6 Å². The minimum absolute atomic E-state index is 0.596. The van der Waals surface area contributed by atoms with Crippen LogP contribution in [0.5, 0.6) is 0 Å². The van der Waals surface area contributed by atoms with E-state index in [0.29, 0.717) is 12.6 Å². The Kier molecular flexibility index (Phi) is 3.96. The van der Waals surface area contributed by atoms with Crippen LogP contribution in [0, 0.1) is 0 Å². The average molecular weight is 248 g/mol. The maximum absolute atomic E-state index is 4.44. The molecule has 1 saturated carbocycles. The SMILES string of the molecule is CN=C(NCc1ccnc(N(C)C)n1)NC1CC1. The van der Waals surface area contributed by atoms with Crippen molar-refractivity contribution in [2.75, 3.05) is 26.0 Å². The Bertz CT molecular complexity index is 424. The Labute approximate surface area is 108 Å². The van der Waals surface area contributed by atoms with E-state index in [9.17, 15) is 0 Å². The molecule has 0 aromatic carbocycles. The van der Waals surface area contributed by atoms with Crippen LogP contribution >= 0.6 is 0 Å². The predicted octanol–water partition coefficient (Wildman–Crippen LogP) is 0.370. The number of nitrogens with one attached hydrogen (secondary N) is 2. The number of hydrogen-bond acceptors (Lipinski definition) is 4. The topological polar surface area (TPSA) is 65.4 Å². The molecule has 1 aromatic rings. The number of hydrogen-bond donors (Lipinski definition) is 2. The maximum atomic E-state index is 4.44. The van der Waals surface area contributed by atoms with E-state index in [2.05, 4.69) is 25.6 Å². The molecule has 0 aliphatic heterocycles. The van der Waals surface area contributed by atoms with E-state index in [0.717, 1.165) is 17.6 Å². The van der Waals surface area contributed by atoms with Crippen LogP contribution in [-0.2, 0) is 6.54 Å². The van der Waals surface area contributed by atoms with Crippen molar-refractivity contribution < 1.29 is 0 Å². The van der Waals surface area contributed by atoms with Crippen molar-refractivity contribution in [2.45, 2.75) is 25.4 Å². The first-order valence-electron chi connectivity index (χ1n) is 6.15. The van der Waals surface area contributed by atoms with E-state index in [4.69, 9.17) is 0 Å². The van der Waals surface area contributed by atoms with Crippen molar-refractivity contribution in [2.24, 2.45) is 4.99 Å². The number of anilines is 1. The highest BCUT2D eigenvalue weighted by molar-refractivity contribution is 5.80. The second kappa shape index (κ2) is 5.66. The molecule has 6 nitrogen and oxygen atoms in total. The maximum Gasteiger partial charge on any atom is 0.225 e. The lowest BCUT2D eigenvalue weighted by Gasteiger charge is -2.13. The zero-order valence-corrected chi connectivity index (χ0v) is 11.1. The number of nitrogens with zero attached hydrogens (tertiary/aromatic N) is 4. The van der Waals surface area contributed by atoms with Crippen LogP contribution in [0.25, 0.3) is 0 Å². The van der Waals surface area contributed by atoms with Gasteiger partial charge < -0.3 is 15.5 Å². The summed E-state index contributed by atoms with van der Waals surface area (Å²) >= 11 is 0. The van der Waals surface area contributed by atoms with Gasteiger partial charge in [0.2, 0.25) is 5.95 Å². The summed E-state index contributed by atoms with van der Waals surface area (Å²) in [6.45, 7) is 0.649. The minimum Gasteiger partial charge on any atom is -0.354 e. The summed E-state index contributed by atoms with van der Waals surface area (Å²) in [6, 6.07) is 2.50. The molecule has 1 heterocycles. The Balaban J connectivity index is 1.90. The van der Waals surface area contributed by atoms with Gasteiger partial charge in [0, 0.05) is 33.4 Å². The van der Waals surface area contributed by atoms with Crippen molar-refractivity contribution in [3.8, 4) is 0 Å². The van der Waals surface area contributed by atoms with Crippen LogP contribution in [0.2, 0.25) is 0 Å². The molecular weight excluding hydrogens is 228 g/mol. The molecule has 0 spiro atoms. The van der Waals surface area contributed by atoms with E-state index in [1.54, 1.807) is 13.2 Å². The monoisotopic (exact) mass is 248 g/mol. The van der Waals surface area contributed by atoms with E-state index in [1.165, 1.54) is 12.8 Å². The molecule has 0 bridgehead atoms. The summed E-state index contributed by atoms with van der Waals surface area (Å²) in [7, 11) is 5.64. The number of rotatable bonds is 4. The van der Waals surface area contributed by atoms with Crippen LogP contribution in [0.1, 0.15) is 18.5 Å². The fraction of sp³-hybridized carbons (Fsp3) is 0.583. The molecule has 0 atom stereocenters. The third-order valence-electron chi connectivity index (χ3n) is 2.68. The van der Waals surface area contributed by atoms with Crippen molar-refractivity contribution in [3.63, 3.8) is 0 Å². The Hall–Kier alpha value is -1.85. The van der Waals surface area contributed by atoms with E-state index >= 15 is 0 Å². The fourth-order valence-corrected chi connectivity index (χ4v) is 1.49. The normalized spacial score (nSPS) is 15.4. The van der Waals surface area contributed by atoms with Gasteiger partial charge >= 0.3 is 0 Å². The minimum atomic E-state index is 0.596. The lowest BCUT2D eigenvalue weighted by Crippen LogP contribution is -2.38. The second-order valence-electron chi connectivity index (χ2n) is 4.59. The standard InChI is InChI=1S/C12H20N6/c1-13-11(16-9-4-5-9)15-8-10-6-7-14-12(17-10)18(2)3/h6-7,9H,4-5,8H2,1-3H3,(H2,13,15,16). The summed E-state index contributed by atoms with van der Waals surface area (Å²) < 4.78 is 0. The molecule has 6 heteroatoms. The van der Waals surface area contributed by atoms with Crippen LogP contribution in [0.4, 0.5) is 5.95 Å². The lowest BCUT2D eigenvalue weighted by atomic mass is 10.4. The van der Waals surface area contributed by atoms with Gasteiger partial charge in [0.15, 0.2) is 5.96 Å². The molecule has 2 rings (SSSR count). The molecule has 18 heavy (non-hydrogen) atoms. The zero-order valence-electron chi connectivity index (χ0n) is 11.1. The summed E-state index contributed by atoms with van der Waals surface area (Å²) in [6.07, 6.45) is 4.24. The number of guanidine groups is 1. The number of aliphatic imine (C=N–C) groups is 1. The highest BCUT2D eigenvalue weighted by atomic mass is 15.2. The summed E-state index contributed by atoms with van der Waals surface area (Å²) in [4.78, 5) is 14.7. The fourth-order valence-electron chi connectivity index (χ4n) is 1.49. The van der Waals surface area contributed by atoms with Crippen molar-refractivity contribution in [3.05, 3.63) is 18.0 Å². The van der Waals surface area contributed by atoms with Gasteiger partial charge in [0.25, 0.3) is 0 Å². The first kappa shape index (κ1) is 12.6. The first-order valence-corrected chi connectivity index (χ1v) is 6.15. The molecule has 0 saturated heterocycles. The Morgan fingerprint density at radius 1 is 1.50 bits per heavy atom. The van der Waals surface area contributed by atoms with Gasteiger partial charge in [-0.25, -0.2) is 9.97 Å². The van der Waals surface area contributed by atoms with Gasteiger partial charge in [-0.05, 0) is 18.9 Å². The smallest absolute Gasteiger partial charge is 0.225 e. The van der Waals surface area contributed by atoms with Crippen molar-refractivity contribution in [1.29, 1.82) is 0 Å². The Morgan fingerprint density at radius 2 is 2.28 bits per heavy atom. The first-order chi connectivity index (χ1) is 8.69. The molecule has 1 aliphatic rings. The zero-order chi connectivity index (χ0) is 13.0. The predicted molar refractivity (Wildman–Crippen MR) is 72.7 cm³/mol. The summed E-state index contributed by atoms with van der Waals surface area (Å²) in [5, 5.41) is 6.59. The molecular formula is C12H20N6. The molecule has 0 unspecified atom stereocenters. The third kappa shape index (κ3) is 3.58. The lowest BCUT2D eigenvalue weighted by molar-refractivity contribution is 0.785. The molecule has 0 radical (unpaired) electrons. The molecule has 1 aliphatic carbocycles. The van der Waals surface area contributed by atoms with Gasteiger partial charge in [0.1, 0.15) is 0 Å². The highest BCUT2D eigenvalue weighted by Crippen LogP contribution is 2.18. The van der Waals surface area contributed by atoms with Gasteiger partial charge in [-0.15, -0.1) is 0 Å². The summed E-state index contributed by atoms with van der Waals surface area (Å²) in [5.74, 6) is 1.56. The van der Waals surface area contributed by atoms with E-state index in [-0.39, 0.29) is 0 Å². The number of aromatic nitrogens is 2. The largest absolute Gasteiger partial charge is 0.354 e. The second-order valence-corrected chi connectivity index (χ2v) is 4.59. The van der Waals surface area contributed by atoms with Gasteiger partial charge in [-0.2, -0.15) is 0 Å². The van der Waals surface area contributed by atoms with Crippen LogP contribution in [0.15, 0.2) is 17.3 Å².